The average Bonchev–Trinajstić information content (AvgIpc) is 3.29. The summed E-state index contributed by atoms with van der Waals surface area (Å²) in [5, 5.41) is 4.77. The minimum Gasteiger partial charge on any atom is -0.465 e. The summed E-state index contributed by atoms with van der Waals surface area (Å²) < 4.78 is 37.8. The Morgan fingerprint density at radius 2 is 2.22 bits per heavy atom. The van der Waals surface area contributed by atoms with Crippen LogP contribution >= 0.6 is 11.3 Å². The summed E-state index contributed by atoms with van der Waals surface area (Å²) in [6.45, 7) is 2.06. The van der Waals surface area contributed by atoms with Crippen molar-refractivity contribution in [3.05, 3.63) is 40.5 Å². The number of thiazole rings is 1. The molecule has 0 radical (unpaired) electrons. The normalized spacial score (nSPS) is 16.4. The molecule has 4 rings (SSSR count). The largest absolute Gasteiger partial charge is 0.465 e. The third kappa shape index (κ3) is 3.54. The molecule has 8 nitrogen and oxygen atoms in total. The Bertz CT molecular complexity index is 1100. The number of sulfonamides is 1. The van der Waals surface area contributed by atoms with Crippen molar-refractivity contribution in [2.45, 2.75) is 31.4 Å². The molecule has 3 aromatic rings. The first-order chi connectivity index (χ1) is 13.0. The maximum absolute atomic E-state index is 12.5. The number of carbonyl (C=O) groups is 1. The Morgan fingerprint density at radius 3 is 3.04 bits per heavy atom. The van der Waals surface area contributed by atoms with E-state index in [0.29, 0.717) is 41.8 Å². The summed E-state index contributed by atoms with van der Waals surface area (Å²) in [5.74, 6) is -1.06. The van der Waals surface area contributed by atoms with E-state index < -0.39 is 15.9 Å². The van der Waals surface area contributed by atoms with Gasteiger partial charge in [-0.2, -0.15) is 0 Å². The lowest BCUT2D eigenvalue weighted by atomic mass is 10.1. The molecular formula is C17H17N3O5S2. The zero-order chi connectivity index (χ0) is 19.0. The van der Waals surface area contributed by atoms with Gasteiger partial charge in [0.1, 0.15) is 17.4 Å². The van der Waals surface area contributed by atoms with Gasteiger partial charge in [-0.3, -0.25) is 9.52 Å². The number of hydrogen-bond donors (Lipinski definition) is 1. The second kappa shape index (κ2) is 6.93. The molecule has 0 amide bonds. The second-order valence-electron chi connectivity index (χ2n) is 6.16. The number of ether oxygens (including phenoxy) is 1. The van der Waals surface area contributed by atoms with Gasteiger partial charge in [0.05, 0.1) is 12.3 Å². The number of nitrogens with zero attached hydrogens (tertiary/aromatic N) is 2. The Hall–Kier alpha value is -2.46. The maximum Gasteiger partial charge on any atom is 0.315 e. The minimum absolute atomic E-state index is 0.252. The zero-order valence-corrected chi connectivity index (χ0v) is 16.1. The van der Waals surface area contributed by atoms with Crippen LogP contribution in [-0.4, -0.2) is 31.1 Å². The molecule has 10 heteroatoms. The molecule has 1 unspecified atom stereocenters. The standard InChI is InChI=1S/C17H17N3O5S2/c1-2-24-16(21)11-7-8-14-15(11)18-17(26-14)20-27(22,23)9-12-10-5-3-4-6-13(10)25-19-12/h3-6,11H,2,7-9H2,1H3,(H,18,20). The lowest BCUT2D eigenvalue weighted by Crippen LogP contribution is -2.16. The number of benzene rings is 1. The van der Waals surface area contributed by atoms with E-state index in [1.807, 2.05) is 0 Å². The third-order valence-corrected chi connectivity index (χ3v) is 6.64. The highest BCUT2D eigenvalue weighted by molar-refractivity contribution is 7.92. The molecule has 1 aliphatic rings. The molecule has 0 saturated heterocycles. The van der Waals surface area contributed by atoms with Crippen molar-refractivity contribution in [3.63, 3.8) is 0 Å². The first-order valence-electron chi connectivity index (χ1n) is 8.47. The number of fused-ring (bicyclic) bond motifs is 2. The minimum atomic E-state index is -3.73. The van der Waals surface area contributed by atoms with Crippen LogP contribution in [0.2, 0.25) is 0 Å². The summed E-state index contributed by atoms with van der Waals surface area (Å²) in [6, 6.07) is 7.08. The summed E-state index contributed by atoms with van der Waals surface area (Å²) in [4.78, 5) is 17.3. The fraction of sp³-hybridized carbons (Fsp3) is 0.353. The Balaban J connectivity index is 1.52. The van der Waals surface area contributed by atoms with E-state index in [4.69, 9.17) is 9.26 Å². The molecule has 1 aromatic carbocycles. The molecule has 1 aliphatic carbocycles. The number of carbonyl (C=O) groups excluding carboxylic acids is 1. The predicted octanol–water partition coefficient (Wildman–Crippen LogP) is 2.82. The highest BCUT2D eigenvalue weighted by Gasteiger charge is 2.34. The third-order valence-electron chi connectivity index (χ3n) is 4.31. The Morgan fingerprint density at radius 1 is 1.41 bits per heavy atom. The second-order valence-corrected chi connectivity index (χ2v) is 8.96. The lowest BCUT2D eigenvalue weighted by Gasteiger charge is -2.08. The van der Waals surface area contributed by atoms with Gasteiger partial charge in [0.25, 0.3) is 0 Å². The molecule has 0 saturated carbocycles. The van der Waals surface area contributed by atoms with Crippen LogP contribution in [0.25, 0.3) is 11.0 Å². The fourth-order valence-electron chi connectivity index (χ4n) is 3.13. The van der Waals surface area contributed by atoms with Gasteiger partial charge in [-0.1, -0.05) is 17.3 Å². The van der Waals surface area contributed by atoms with Gasteiger partial charge in [-0.15, -0.1) is 11.3 Å². The van der Waals surface area contributed by atoms with Crippen molar-refractivity contribution in [3.8, 4) is 0 Å². The zero-order valence-electron chi connectivity index (χ0n) is 14.5. The van der Waals surface area contributed by atoms with E-state index in [0.717, 1.165) is 4.88 Å². The first kappa shape index (κ1) is 17.9. The molecule has 0 aliphatic heterocycles. The van der Waals surface area contributed by atoms with Gasteiger partial charge in [0.2, 0.25) is 10.0 Å². The van der Waals surface area contributed by atoms with E-state index in [1.54, 1.807) is 31.2 Å². The van der Waals surface area contributed by atoms with Crippen LogP contribution in [0.5, 0.6) is 0 Å². The van der Waals surface area contributed by atoms with Crippen molar-refractivity contribution < 1.29 is 22.5 Å². The number of aromatic nitrogens is 2. The quantitative estimate of drug-likeness (QED) is 0.625. The van der Waals surface area contributed by atoms with Gasteiger partial charge in [0, 0.05) is 10.3 Å². The van der Waals surface area contributed by atoms with Gasteiger partial charge >= 0.3 is 5.97 Å². The SMILES string of the molecule is CCOC(=O)C1CCc2sc(NS(=O)(=O)Cc3noc4ccccc34)nc21. The van der Waals surface area contributed by atoms with E-state index >= 15 is 0 Å². The van der Waals surface area contributed by atoms with Crippen molar-refractivity contribution in [2.75, 3.05) is 11.3 Å². The van der Waals surface area contributed by atoms with Gasteiger partial charge in [-0.25, -0.2) is 13.4 Å². The van der Waals surface area contributed by atoms with Crippen LogP contribution in [-0.2, 0) is 31.7 Å². The van der Waals surface area contributed by atoms with Gasteiger partial charge in [-0.05, 0) is 31.9 Å². The summed E-state index contributed by atoms with van der Waals surface area (Å²) in [5.41, 5.74) is 1.49. The van der Waals surface area contributed by atoms with E-state index in [2.05, 4.69) is 14.9 Å². The summed E-state index contributed by atoms with van der Waals surface area (Å²) in [6.07, 6.45) is 1.33. The number of para-hydroxylation sites is 1. The topological polar surface area (TPSA) is 111 Å². The van der Waals surface area contributed by atoms with Crippen LogP contribution in [0.15, 0.2) is 28.8 Å². The monoisotopic (exact) mass is 407 g/mol. The molecule has 27 heavy (non-hydrogen) atoms. The average molecular weight is 407 g/mol. The Kier molecular flexibility index (Phi) is 4.60. The molecule has 1 atom stereocenters. The van der Waals surface area contributed by atoms with Crippen molar-refractivity contribution in [2.24, 2.45) is 0 Å². The number of aryl methyl sites for hydroxylation is 1. The van der Waals surface area contributed by atoms with Crippen molar-refractivity contribution in [1.82, 2.24) is 10.1 Å². The van der Waals surface area contributed by atoms with Crippen molar-refractivity contribution in [1.29, 1.82) is 0 Å². The Labute approximate surface area is 159 Å². The molecule has 142 valence electrons. The number of rotatable bonds is 6. The first-order valence-corrected chi connectivity index (χ1v) is 10.9. The van der Waals surface area contributed by atoms with Crippen LogP contribution in [0.4, 0.5) is 5.13 Å². The lowest BCUT2D eigenvalue weighted by molar-refractivity contribution is -0.145. The predicted molar refractivity (Wildman–Crippen MR) is 100 cm³/mol. The number of esters is 1. The number of anilines is 1. The van der Waals surface area contributed by atoms with Crippen LogP contribution in [0.3, 0.4) is 0 Å². The summed E-state index contributed by atoms with van der Waals surface area (Å²) in [7, 11) is -3.73. The molecule has 1 N–H and O–H groups in total. The smallest absolute Gasteiger partial charge is 0.315 e. The highest BCUT2D eigenvalue weighted by atomic mass is 32.2. The van der Waals surface area contributed by atoms with E-state index in [9.17, 15) is 13.2 Å². The van der Waals surface area contributed by atoms with Gasteiger partial charge in [0.15, 0.2) is 10.7 Å². The van der Waals surface area contributed by atoms with E-state index in [1.165, 1.54) is 11.3 Å². The molecule has 0 fully saturated rings. The van der Waals surface area contributed by atoms with E-state index in [-0.39, 0.29) is 16.9 Å². The van der Waals surface area contributed by atoms with Gasteiger partial charge < -0.3 is 9.26 Å². The molecular weight excluding hydrogens is 390 g/mol. The van der Waals surface area contributed by atoms with Crippen LogP contribution in [0.1, 0.15) is 35.5 Å². The molecule has 2 aromatic heterocycles. The number of hydrogen-bond acceptors (Lipinski definition) is 8. The molecule has 0 spiro atoms. The maximum atomic E-state index is 12.5. The van der Waals surface area contributed by atoms with Crippen LogP contribution < -0.4 is 4.72 Å². The summed E-state index contributed by atoms with van der Waals surface area (Å²) >= 11 is 1.25. The molecule has 0 bridgehead atoms. The fourth-order valence-corrected chi connectivity index (χ4v) is 5.52. The number of nitrogens with one attached hydrogen (secondary N) is 1. The van der Waals surface area contributed by atoms with Crippen LogP contribution in [0, 0.1) is 0 Å². The molecule has 2 heterocycles. The van der Waals surface area contributed by atoms with Crippen molar-refractivity contribution >= 4 is 43.4 Å². The highest BCUT2D eigenvalue weighted by Crippen LogP contribution is 2.39.